The Hall–Kier alpha value is -3.14. The number of urea groups is 1. The monoisotopic (exact) mass is 502 g/mol. The molecule has 0 saturated carbocycles. The lowest BCUT2D eigenvalue weighted by Crippen LogP contribution is -2.35. The van der Waals surface area contributed by atoms with Crippen LogP contribution in [0, 0.1) is 0 Å². The molecule has 10 heteroatoms. The van der Waals surface area contributed by atoms with Gasteiger partial charge in [0.05, 0.1) is 18.9 Å². The number of nitrogens with one attached hydrogen (secondary N) is 2. The zero-order valence-corrected chi connectivity index (χ0v) is 21.7. The minimum atomic E-state index is -0.563. The highest BCUT2D eigenvalue weighted by Gasteiger charge is 2.33. The zero-order valence-electron chi connectivity index (χ0n) is 21.7. The Balaban J connectivity index is 1.58. The predicted molar refractivity (Wildman–Crippen MR) is 135 cm³/mol. The van der Waals surface area contributed by atoms with Gasteiger partial charge in [0.15, 0.2) is 0 Å². The molecule has 1 aromatic rings. The molecule has 1 unspecified atom stereocenters. The summed E-state index contributed by atoms with van der Waals surface area (Å²) in [7, 11) is 0. The first-order valence-corrected chi connectivity index (χ1v) is 12.6. The molecule has 1 atom stereocenters. The molecule has 3 amide bonds. The maximum absolute atomic E-state index is 13.0. The van der Waals surface area contributed by atoms with Crippen molar-refractivity contribution < 1.29 is 28.7 Å². The quantitative estimate of drug-likeness (QED) is 0.496. The average Bonchev–Trinajstić information content (AvgIpc) is 3.03. The highest BCUT2D eigenvalue weighted by Crippen LogP contribution is 2.30. The highest BCUT2D eigenvalue weighted by atomic mass is 16.6. The van der Waals surface area contributed by atoms with Gasteiger partial charge in [0, 0.05) is 44.8 Å². The summed E-state index contributed by atoms with van der Waals surface area (Å²) < 4.78 is 10.5. The van der Waals surface area contributed by atoms with Crippen LogP contribution in [0.5, 0.6) is 0 Å². The maximum Gasteiger partial charge on any atom is 0.324 e. The van der Waals surface area contributed by atoms with Gasteiger partial charge < -0.3 is 25.0 Å². The van der Waals surface area contributed by atoms with Gasteiger partial charge in [-0.05, 0) is 63.9 Å². The number of carbonyl (C=O) groups excluding carboxylic acids is 4. The third kappa shape index (κ3) is 7.43. The standard InChI is InChI=1S/C26H38N4O6/c1-5-35-23(32)9-12-28-22(31)10-13-29-14-15-30(25(29)34)19-6-7-20-18(16-19)8-11-27-17-21(20)24(33)36-26(2,3)4/h6-7,16,21,27H,5,8-15,17H2,1-4H3,(H,28,31). The van der Waals surface area contributed by atoms with E-state index in [1.54, 1.807) is 16.7 Å². The van der Waals surface area contributed by atoms with Crippen molar-refractivity contribution in [1.82, 2.24) is 15.5 Å². The van der Waals surface area contributed by atoms with Gasteiger partial charge in [0.2, 0.25) is 5.91 Å². The number of benzene rings is 1. The molecule has 1 aromatic carbocycles. The van der Waals surface area contributed by atoms with Crippen LogP contribution in [0.4, 0.5) is 10.5 Å². The molecule has 0 spiro atoms. The van der Waals surface area contributed by atoms with Crippen molar-refractivity contribution in [3.63, 3.8) is 0 Å². The minimum absolute atomic E-state index is 0.124. The van der Waals surface area contributed by atoms with Gasteiger partial charge in [-0.25, -0.2) is 4.79 Å². The van der Waals surface area contributed by atoms with E-state index >= 15 is 0 Å². The molecule has 36 heavy (non-hydrogen) atoms. The number of anilines is 1. The Bertz CT molecular complexity index is 974. The van der Waals surface area contributed by atoms with Crippen molar-refractivity contribution in [2.45, 2.75) is 58.5 Å². The largest absolute Gasteiger partial charge is 0.466 e. The maximum atomic E-state index is 13.0. The van der Waals surface area contributed by atoms with E-state index in [2.05, 4.69) is 10.6 Å². The molecule has 3 rings (SSSR count). The van der Waals surface area contributed by atoms with Crippen LogP contribution in [0.15, 0.2) is 18.2 Å². The second kappa shape index (κ2) is 12.2. The fourth-order valence-corrected chi connectivity index (χ4v) is 4.37. The number of amides is 3. The van der Waals surface area contributed by atoms with E-state index in [0.717, 1.165) is 29.8 Å². The van der Waals surface area contributed by atoms with Crippen LogP contribution < -0.4 is 15.5 Å². The van der Waals surface area contributed by atoms with Crippen molar-refractivity contribution in [1.29, 1.82) is 0 Å². The summed E-state index contributed by atoms with van der Waals surface area (Å²) in [5.41, 5.74) is 2.18. The molecule has 1 fully saturated rings. The molecule has 2 heterocycles. The van der Waals surface area contributed by atoms with Crippen LogP contribution in [0.2, 0.25) is 0 Å². The van der Waals surface area contributed by atoms with Gasteiger partial charge in [-0.3, -0.25) is 19.3 Å². The Morgan fingerprint density at radius 2 is 1.94 bits per heavy atom. The number of carbonyl (C=O) groups is 4. The summed E-state index contributed by atoms with van der Waals surface area (Å²) in [6.07, 6.45) is 1.04. The van der Waals surface area contributed by atoms with Gasteiger partial charge in [-0.15, -0.1) is 0 Å². The van der Waals surface area contributed by atoms with Gasteiger partial charge in [-0.2, -0.15) is 0 Å². The lowest BCUT2D eigenvalue weighted by atomic mass is 9.93. The van der Waals surface area contributed by atoms with Gasteiger partial charge in [0.1, 0.15) is 5.60 Å². The van der Waals surface area contributed by atoms with Crippen molar-refractivity contribution in [3.05, 3.63) is 29.3 Å². The molecular formula is C26H38N4O6. The van der Waals surface area contributed by atoms with E-state index in [1.807, 2.05) is 39.0 Å². The molecule has 0 aliphatic carbocycles. The third-order valence-electron chi connectivity index (χ3n) is 6.08. The smallest absolute Gasteiger partial charge is 0.324 e. The Kier molecular flexibility index (Phi) is 9.31. The normalized spacial score (nSPS) is 17.9. The van der Waals surface area contributed by atoms with Crippen molar-refractivity contribution in [2.24, 2.45) is 0 Å². The first kappa shape index (κ1) is 27.4. The lowest BCUT2D eigenvalue weighted by Gasteiger charge is -2.25. The first-order chi connectivity index (χ1) is 17.1. The number of ether oxygens (including phenoxy) is 2. The molecule has 0 radical (unpaired) electrons. The van der Waals surface area contributed by atoms with Crippen molar-refractivity contribution in [3.8, 4) is 0 Å². The number of fused-ring (bicyclic) bond motifs is 1. The predicted octanol–water partition coefficient (Wildman–Crippen LogP) is 1.96. The van der Waals surface area contributed by atoms with Crippen LogP contribution in [-0.2, 0) is 30.3 Å². The fourth-order valence-electron chi connectivity index (χ4n) is 4.37. The van der Waals surface area contributed by atoms with Crippen LogP contribution in [0.25, 0.3) is 0 Å². The number of nitrogens with zero attached hydrogens (tertiary/aromatic N) is 2. The number of esters is 2. The molecule has 1 saturated heterocycles. The second-order valence-corrected chi connectivity index (χ2v) is 10.00. The van der Waals surface area contributed by atoms with E-state index in [-0.39, 0.29) is 43.3 Å². The van der Waals surface area contributed by atoms with E-state index in [9.17, 15) is 19.2 Å². The van der Waals surface area contributed by atoms with Crippen LogP contribution in [-0.4, -0.2) is 80.3 Å². The summed E-state index contributed by atoms with van der Waals surface area (Å²) in [5, 5.41) is 6.00. The van der Waals surface area contributed by atoms with E-state index < -0.39 is 11.5 Å². The highest BCUT2D eigenvalue weighted by molar-refractivity contribution is 5.94. The summed E-state index contributed by atoms with van der Waals surface area (Å²) >= 11 is 0. The van der Waals surface area contributed by atoms with E-state index in [4.69, 9.17) is 9.47 Å². The SMILES string of the molecule is CCOC(=O)CCNC(=O)CCN1CCN(c2ccc3c(c2)CCNCC3C(=O)OC(C)(C)C)C1=O. The van der Waals surface area contributed by atoms with Gasteiger partial charge >= 0.3 is 18.0 Å². The summed E-state index contributed by atoms with van der Waals surface area (Å²) in [6, 6.07) is 5.65. The van der Waals surface area contributed by atoms with Crippen LogP contribution >= 0.6 is 0 Å². The molecule has 2 aliphatic rings. The Morgan fingerprint density at radius 3 is 2.67 bits per heavy atom. The van der Waals surface area contributed by atoms with E-state index in [0.29, 0.717) is 32.8 Å². The number of hydrogen-bond donors (Lipinski definition) is 2. The first-order valence-electron chi connectivity index (χ1n) is 12.6. The molecule has 198 valence electrons. The molecular weight excluding hydrogens is 464 g/mol. The number of hydrogen-bond acceptors (Lipinski definition) is 7. The molecule has 2 aliphatic heterocycles. The fraction of sp³-hybridized carbons (Fsp3) is 0.615. The van der Waals surface area contributed by atoms with Crippen LogP contribution in [0.1, 0.15) is 57.6 Å². The topological polar surface area (TPSA) is 117 Å². The average molecular weight is 503 g/mol. The van der Waals surface area contributed by atoms with Crippen LogP contribution in [0.3, 0.4) is 0 Å². The minimum Gasteiger partial charge on any atom is -0.466 e. The number of rotatable bonds is 9. The Labute approximate surface area is 212 Å². The van der Waals surface area contributed by atoms with Crippen molar-refractivity contribution in [2.75, 3.05) is 50.8 Å². The third-order valence-corrected chi connectivity index (χ3v) is 6.08. The molecule has 0 aromatic heterocycles. The summed E-state index contributed by atoms with van der Waals surface area (Å²) in [6.45, 7) is 10.4. The van der Waals surface area contributed by atoms with E-state index in [1.165, 1.54) is 0 Å². The lowest BCUT2D eigenvalue weighted by molar-refractivity contribution is -0.156. The summed E-state index contributed by atoms with van der Waals surface area (Å²) in [4.78, 5) is 52.7. The molecule has 10 nitrogen and oxygen atoms in total. The van der Waals surface area contributed by atoms with Crippen molar-refractivity contribution >= 4 is 29.6 Å². The van der Waals surface area contributed by atoms with Gasteiger partial charge in [0.25, 0.3) is 0 Å². The zero-order chi connectivity index (χ0) is 26.3. The molecule has 2 N–H and O–H groups in total. The molecule has 0 bridgehead atoms. The van der Waals surface area contributed by atoms with Gasteiger partial charge in [-0.1, -0.05) is 6.07 Å². The summed E-state index contributed by atoms with van der Waals surface area (Å²) in [5.74, 6) is -1.22. The Morgan fingerprint density at radius 1 is 1.17 bits per heavy atom. The second-order valence-electron chi connectivity index (χ2n) is 10.00.